The second kappa shape index (κ2) is 6.61. The molecule has 0 saturated carbocycles. The lowest BCUT2D eigenvalue weighted by Gasteiger charge is -2.23. The SMILES string of the molecule is COc1ccc(-n2nc(C)c3c2C[C@H](c2ccc(Cl)cc2)CC3=O)cc1. The average molecular weight is 367 g/mol. The zero-order valence-electron chi connectivity index (χ0n) is 14.7. The van der Waals surface area contributed by atoms with E-state index >= 15 is 0 Å². The molecule has 1 heterocycles. The van der Waals surface area contributed by atoms with Crippen LogP contribution < -0.4 is 4.74 Å². The van der Waals surface area contributed by atoms with E-state index in [1.54, 1.807) is 7.11 Å². The van der Waals surface area contributed by atoms with Gasteiger partial charge in [0.1, 0.15) is 5.75 Å². The van der Waals surface area contributed by atoms with Crippen LogP contribution >= 0.6 is 11.6 Å². The fraction of sp³-hybridized carbons (Fsp3) is 0.238. The zero-order valence-corrected chi connectivity index (χ0v) is 15.5. The van der Waals surface area contributed by atoms with E-state index in [4.69, 9.17) is 16.3 Å². The average Bonchev–Trinajstić information content (AvgIpc) is 2.99. The third-order valence-electron chi connectivity index (χ3n) is 4.96. The number of rotatable bonds is 3. The van der Waals surface area contributed by atoms with Crippen molar-refractivity contribution in [1.29, 1.82) is 0 Å². The molecule has 1 aromatic heterocycles. The Morgan fingerprint density at radius 3 is 2.42 bits per heavy atom. The predicted molar refractivity (Wildman–Crippen MR) is 102 cm³/mol. The van der Waals surface area contributed by atoms with Crippen LogP contribution in [0, 0.1) is 6.92 Å². The summed E-state index contributed by atoms with van der Waals surface area (Å²) in [5.41, 5.74) is 4.60. The van der Waals surface area contributed by atoms with Gasteiger partial charge < -0.3 is 4.74 Å². The van der Waals surface area contributed by atoms with Gasteiger partial charge >= 0.3 is 0 Å². The van der Waals surface area contributed by atoms with Gasteiger partial charge in [0.25, 0.3) is 0 Å². The van der Waals surface area contributed by atoms with Gasteiger partial charge in [-0.25, -0.2) is 4.68 Å². The number of aryl methyl sites for hydroxylation is 1. The number of hydrogen-bond donors (Lipinski definition) is 0. The number of methoxy groups -OCH3 is 1. The molecule has 1 atom stereocenters. The molecule has 4 nitrogen and oxygen atoms in total. The second-order valence-electron chi connectivity index (χ2n) is 6.60. The Morgan fingerprint density at radius 1 is 1.08 bits per heavy atom. The summed E-state index contributed by atoms with van der Waals surface area (Å²) in [7, 11) is 1.64. The number of fused-ring (bicyclic) bond motifs is 1. The summed E-state index contributed by atoms with van der Waals surface area (Å²) in [6.45, 7) is 1.90. The van der Waals surface area contributed by atoms with Crippen LogP contribution in [0.3, 0.4) is 0 Å². The highest BCUT2D eigenvalue weighted by Crippen LogP contribution is 2.35. The van der Waals surface area contributed by atoms with Gasteiger partial charge in [-0.1, -0.05) is 23.7 Å². The number of Topliss-reactive ketones (excluding diaryl/α,β-unsaturated/α-hetero) is 1. The molecule has 0 N–H and O–H groups in total. The van der Waals surface area contributed by atoms with Gasteiger partial charge in [-0.2, -0.15) is 5.10 Å². The molecule has 0 aliphatic heterocycles. The topological polar surface area (TPSA) is 44.1 Å². The fourth-order valence-electron chi connectivity index (χ4n) is 3.67. The lowest BCUT2D eigenvalue weighted by atomic mass is 9.81. The molecule has 26 heavy (non-hydrogen) atoms. The van der Waals surface area contributed by atoms with Gasteiger partial charge in [0.05, 0.1) is 29.7 Å². The van der Waals surface area contributed by atoms with Crippen molar-refractivity contribution in [1.82, 2.24) is 9.78 Å². The number of ketones is 1. The fourth-order valence-corrected chi connectivity index (χ4v) is 3.79. The Labute approximate surface area is 157 Å². The van der Waals surface area contributed by atoms with Gasteiger partial charge in [-0.3, -0.25) is 4.79 Å². The van der Waals surface area contributed by atoms with Crippen molar-refractivity contribution in [2.45, 2.75) is 25.7 Å². The maximum absolute atomic E-state index is 12.8. The van der Waals surface area contributed by atoms with Gasteiger partial charge in [0.2, 0.25) is 0 Å². The molecule has 1 aliphatic carbocycles. The van der Waals surface area contributed by atoms with E-state index in [2.05, 4.69) is 5.10 Å². The smallest absolute Gasteiger partial charge is 0.167 e. The molecule has 0 radical (unpaired) electrons. The first kappa shape index (κ1) is 16.9. The van der Waals surface area contributed by atoms with Crippen LogP contribution in [0.5, 0.6) is 5.75 Å². The van der Waals surface area contributed by atoms with Crippen LogP contribution in [0.15, 0.2) is 48.5 Å². The Kier molecular flexibility index (Phi) is 4.29. The molecule has 132 valence electrons. The van der Waals surface area contributed by atoms with Gasteiger partial charge in [-0.15, -0.1) is 0 Å². The molecule has 5 heteroatoms. The van der Waals surface area contributed by atoms with Crippen molar-refractivity contribution >= 4 is 17.4 Å². The van der Waals surface area contributed by atoms with E-state index in [1.165, 1.54) is 0 Å². The van der Waals surface area contributed by atoms with Crippen LogP contribution in [0.4, 0.5) is 0 Å². The molecule has 0 fully saturated rings. The Morgan fingerprint density at radius 2 is 1.77 bits per heavy atom. The van der Waals surface area contributed by atoms with Crippen molar-refractivity contribution in [2.75, 3.05) is 7.11 Å². The lowest BCUT2D eigenvalue weighted by molar-refractivity contribution is 0.0963. The number of nitrogens with zero attached hydrogens (tertiary/aromatic N) is 2. The largest absolute Gasteiger partial charge is 0.497 e. The minimum Gasteiger partial charge on any atom is -0.497 e. The minimum absolute atomic E-state index is 0.139. The number of carbonyl (C=O) groups excluding carboxylic acids is 1. The van der Waals surface area contributed by atoms with E-state index in [0.29, 0.717) is 11.4 Å². The number of carbonyl (C=O) groups is 1. The van der Waals surface area contributed by atoms with Crippen molar-refractivity contribution in [3.63, 3.8) is 0 Å². The molecule has 0 bridgehead atoms. The summed E-state index contributed by atoms with van der Waals surface area (Å²) in [6, 6.07) is 15.5. The molecule has 3 aromatic rings. The summed E-state index contributed by atoms with van der Waals surface area (Å²) in [5, 5.41) is 5.35. The van der Waals surface area contributed by atoms with E-state index in [-0.39, 0.29) is 11.7 Å². The quantitative estimate of drug-likeness (QED) is 0.671. The molecule has 0 saturated heterocycles. The molecular formula is C21H19ClN2O2. The minimum atomic E-state index is 0.139. The molecule has 1 aliphatic rings. The highest BCUT2D eigenvalue weighted by molar-refractivity contribution is 6.30. The zero-order chi connectivity index (χ0) is 18.3. The summed E-state index contributed by atoms with van der Waals surface area (Å²) < 4.78 is 7.12. The number of halogens is 1. The molecule has 0 unspecified atom stereocenters. The number of ether oxygens (including phenoxy) is 1. The first-order chi connectivity index (χ1) is 12.6. The molecular weight excluding hydrogens is 348 g/mol. The van der Waals surface area contributed by atoms with Crippen molar-refractivity contribution < 1.29 is 9.53 Å². The maximum atomic E-state index is 12.8. The molecule has 0 amide bonds. The van der Waals surface area contributed by atoms with E-state index in [1.807, 2.05) is 60.1 Å². The standard InChI is InChI=1S/C21H19ClN2O2/c1-13-21-19(24(23-13)17-7-9-18(26-2)10-8-17)11-15(12-20(21)25)14-3-5-16(22)6-4-14/h3-10,15H,11-12H2,1-2H3/t15-/m0/s1. The number of aromatic nitrogens is 2. The van der Waals surface area contributed by atoms with Crippen LogP contribution in [0.25, 0.3) is 5.69 Å². The summed E-state index contributed by atoms with van der Waals surface area (Å²) >= 11 is 6.00. The summed E-state index contributed by atoms with van der Waals surface area (Å²) in [5.74, 6) is 1.09. The third kappa shape index (κ3) is 2.90. The van der Waals surface area contributed by atoms with Gasteiger partial charge in [0, 0.05) is 11.4 Å². The molecule has 2 aromatic carbocycles. The van der Waals surface area contributed by atoms with Crippen LogP contribution in [-0.4, -0.2) is 22.7 Å². The van der Waals surface area contributed by atoms with Gasteiger partial charge in [0.15, 0.2) is 5.78 Å². The Bertz CT molecular complexity index is 959. The number of hydrogen-bond acceptors (Lipinski definition) is 3. The van der Waals surface area contributed by atoms with Crippen molar-refractivity contribution in [2.24, 2.45) is 0 Å². The summed E-state index contributed by atoms with van der Waals surface area (Å²) in [4.78, 5) is 12.8. The van der Waals surface area contributed by atoms with Crippen molar-refractivity contribution in [3.05, 3.63) is 76.1 Å². The van der Waals surface area contributed by atoms with Crippen molar-refractivity contribution in [3.8, 4) is 11.4 Å². The maximum Gasteiger partial charge on any atom is 0.167 e. The van der Waals surface area contributed by atoms with Crippen LogP contribution in [0.2, 0.25) is 5.02 Å². The number of benzene rings is 2. The Hall–Kier alpha value is -2.59. The van der Waals surface area contributed by atoms with E-state index < -0.39 is 0 Å². The lowest BCUT2D eigenvalue weighted by Crippen LogP contribution is -2.20. The summed E-state index contributed by atoms with van der Waals surface area (Å²) in [6.07, 6.45) is 1.28. The van der Waals surface area contributed by atoms with Gasteiger partial charge in [-0.05, 0) is 61.2 Å². The Balaban J connectivity index is 1.75. The molecule has 4 rings (SSSR count). The first-order valence-electron chi connectivity index (χ1n) is 8.58. The van der Waals surface area contributed by atoms with Crippen LogP contribution in [0.1, 0.15) is 39.6 Å². The molecule has 0 spiro atoms. The monoisotopic (exact) mass is 366 g/mol. The van der Waals surface area contributed by atoms with Crippen LogP contribution in [-0.2, 0) is 6.42 Å². The third-order valence-corrected chi connectivity index (χ3v) is 5.22. The highest BCUT2D eigenvalue weighted by atomic mass is 35.5. The van der Waals surface area contributed by atoms with E-state index in [0.717, 1.165) is 40.4 Å². The predicted octanol–water partition coefficient (Wildman–Crippen LogP) is 4.76. The normalized spacial score (nSPS) is 16.4. The first-order valence-corrected chi connectivity index (χ1v) is 8.96. The van der Waals surface area contributed by atoms with E-state index in [9.17, 15) is 4.79 Å². The highest BCUT2D eigenvalue weighted by Gasteiger charge is 2.32. The second-order valence-corrected chi connectivity index (χ2v) is 7.03.